The highest BCUT2D eigenvalue weighted by molar-refractivity contribution is 7.14. The summed E-state index contributed by atoms with van der Waals surface area (Å²) in [5, 5.41) is 8.69. The van der Waals surface area contributed by atoms with Crippen molar-refractivity contribution in [3.05, 3.63) is 65.9 Å². The molecule has 6 heteroatoms. The number of hydrogen-bond donors (Lipinski definition) is 2. The molecule has 0 radical (unpaired) electrons. The topological polar surface area (TPSA) is 43.4 Å². The fourth-order valence-corrected chi connectivity index (χ4v) is 6.15. The van der Waals surface area contributed by atoms with Crippen LogP contribution >= 0.6 is 11.5 Å². The molecule has 1 saturated heterocycles. The third-order valence-corrected chi connectivity index (χ3v) is 8.19. The van der Waals surface area contributed by atoms with Gasteiger partial charge in [-0.2, -0.15) is 4.37 Å². The number of fused-ring (bicyclic) bond motifs is 2. The lowest BCUT2D eigenvalue weighted by atomic mass is 9.99. The van der Waals surface area contributed by atoms with Gasteiger partial charge in [-0.25, -0.2) is 0 Å². The fraction of sp³-hybridized carbons (Fsp3) is 0.464. The van der Waals surface area contributed by atoms with Gasteiger partial charge in [-0.15, -0.1) is 0 Å². The Morgan fingerprint density at radius 2 is 1.91 bits per heavy atom. The van der Waals surface area contributed by atoms with E-state index in [0.717, 1.165) is 64.3 Å². The Bertz CT molecular complexity index is 1130. The molecule has 2 aromatic carbocycles. The van der Waals surface area contributed by atoms with Gasteiger partial charge in [0.2, 0.25) is 0 Å². The number of allylic oxidation sites excluding steroid dienone is 1. The Labute approximate surface area is 208 Å². The summed E-state index contributed by atoms with van der Waals surface area (Å²) in [6, 6.07) is 15.9. The van der Waals surface area contributed by atoms with Crippen molar-refractivity contribution in [3.8, 4) is 0 Å². The first-order chi connectivity index (χ1) is 16.6. The van der Waals surface area contributed by atoms with Gasteiger partial charge in [0, 0.05) is 56.4 Å². The number of piperidine rings is 1. The molecule has 0 spiro atoms. The highest BCUT2D eigenvalue weighted by Crippen LogP contribution is 2.34. The molecule has 180 valence electrons. The van der Waals surface area contributed by atoms with Crippen molar-refractivity contribution in [2.45, 2.75) is 45.7 Å². The predicted octanol–water partition coefficient (Wildman–Crippen LogP) is 5.81. The molecule has 5 rings (SSSR count). The van der Waals surface area contributed by atoms with Gasteiger partial charge in [0.25, 0.3) is 0 Å². The summed E-state index contributed by atoms with van der Waals surface area (Å²) in [5.41, 5.74) is 5.41. The minimum atomic E-state index is 0.509. The van der Waals surface area contributed by atoms with E-state index in [1.807, 2.05) is 0 Å². The molecule has 3 heterocycles. The Kier molecular flexibility index (Phi) is 7.07. The van der Waals surface area contributed by atoms with E-state index in [2.05, 4.69) is 83.3 Å². The Hall–Kier alpha value is -2.57. The van der Waals surface area contributed by atoms with Crippen LogP contribution in [0.5, 0.6) is 0 Å². The minimum absolute atomic E-state index is 0.509. The van der Waals surface area contributed by atoms with E-state index < -0.39 is 0 Å². The van der Waals surface area contributed by atoms with Gasteiger partial charge in [0.15, 0.2) is 0 Å². The quantitative estimate of drug-likeness (QED) is 0.430. The smallest absolute Gasteiger partial charge is 0.147 e. The molecule has 1 unspecified atom stereocenters. The lowest BCUT2D eigenvalue weighted by Crippen LogP contribution is -2.37. The summed E-state index contributed by atoms with van der Waals surface area (Å²) in [6.45, 7) is 15.0. The van der Waals surface area contributed by atoms with Crippen LogP contribution in [0.1, 0.15) is 37.8 Å². The van der Waals surface area contributed by atoms with Crippen LogP contribution in [-0.2, 0) is 13.0 Å². The Balaban J connectivity index is 1.16. The van der Waals surface area contributed by atoms with Crippen molar-refractivity contribution in [2.75, 3.05) is 43.4 Å². The summed E-state index contributed by atoms with van der Waals surface area (Å²) in [6.07, 6.45) is 3.45. The fourth-order valence-electron chi connectivity index (χ4n) is 5.32. The molecule has 0 bridgehead atoms. The lowest BCUT2D eigenvalue weighted by Gasteiger charge is -2.34. The van der Waals surface area contributed by atoms with Crippen molar-refractivity contribution in [2.24, 2.45) is 5.92 Å². The SMILES string of the molecule is C=C(C)N1CCC(Nc2cccc3c(NCC(C)CN4CCc5ccccc5C4)nsc23)CC1. The van der Waals surface area contributed by atoms with Crippen molar-refractivity contribution in [3.63, 3.8) is 0 Å². The highest BCUT2D eigenvalue weighted by Gasteiger charge is 2.21. The van der Waals surface area contributed by atoms with Crippen LogP contribution in [0.2, 0.25) is 0 Å². The van der Waals surface area contributed by atoms with Crippen LogP contribution in [0.15, 0.2) is 54.7 Å². The van der Waals surface area contributed by atoms with E-state index in [0.29, 0.717) is 12.0 Å². The van der Waals surface area contributed by atoms with Gasteiger partial charge in [0.1, 0.15) is 5.82 Å². The van der Waals surface area contributed by atoms with E-state index in [1.54, 1.807) is 11.5 Å². The Morgan fingerprint density at radius 1 is 1.12 bits per heavy atom. The summed E-state index contributed by atoms with van der Waals surface area (Å²) in [4.78, 5) is 4.98. The molecule has 5 nitrogen and oxygen atoms in total. The standard InChI is InChI=1S/C28H37N5S/c1-20(2)33-15-12-24(13-16-33)30-26-10-6-9-25-27(26)34-31-28(25)29-17-21(3)18-32-14-11-22-7-4-5-8-23(22)19-32/h4-10,21,24,30H,1,11-19H2,2-3H3,(H,29,31). The number of likely N-dealkylation sites (tertiary alicyclic amines) is 1. The third-order valence-electron chi connectivity index (χ3n) is 7.29. The van der Waals surface area contributed by atoms with Crippen LogP contribution in [-0.4, -0.2) is 52.9 Å². The number of benzene rings is 2. The van der Waals surface area contributed by atoms with E-state index >= 15 is 0 Å². The first-order valence-corrected chi connectivity index (χ1v) is 13.4. The van der Waals surface area contributed by atoms with Gasteiger partial charge in [-0.05, 0) is 66.9 Å². The molecule has 2 aliphatic heterocycles. The second-order valence-corrected chi connectivity index (χ2v) is 10.9. The van der Waals surface area contributed by atoms with Crippen molar-refractivity contribution < 1.29 is 0 Å². The summed E-state index contributed by atoms with van der Waals surface area (Å²) in [5.74, 6) is 1.58. The monoisotopic (exact) mass is 475 g/mol. The average Bonchev–Trinajstić information content (AvgIpc) is 3.27. The summed E-state index contributed by atoms with van der Waals surface area (Å²) in [7, 11) is 0. The molecule has 3 aromatic rings. The van der Waals surface area contributed by atoms with Gasteiger partial charge >= 0.3 is 0 Å². The zero-order valence-corrected chi connectivity index (χ0v) is 21.3. The van der Waals surface area contributed by atoms with Crippen molar-refractivity contribution >= 4 is 33.1 Å². The minimum Gasteiger partial charge on any atom is -0.381 e. The second kappa shape index (κ2) is 10.4. The molecule has 0 saturated carbocycles. The van der Waals surface area contributed by atoms with Gasteiger partial charge < -0.3 is 15.5 Å². The molecule has 0 aliphatic carbocycles. The average molecular weight is 476 g/mol. The van der Waals surface area contributed by atoms with Crippen LogP contribution < -0.4 is 10.6 Å². The highest BCUT2D eigenvalue weighted by atomic mass is 32.1. The molecule has 1 fully saturated rings. The summed E-state index contributed by atoms with van der Waals surface area (Å²) >= 11 is 1.60. The summed E-state index contributed by atoms with van der Waals surface area (Å²) < 4.78 is 6.05. The van der Waals surface area contributed by atoms with Gasteiger partial charge in [0.05, 0.1) is 10.4 Å². The van der Waals surface area contributed by atoms with E-state index in [4.69, 9.17) is 4.37 Å². The molecule has 1 atom stereocenters. The van der Waals surface area contributed by atoms with E-state index in [9.17, 15) is 0 Å². The number of nitrogens with zero attached hydrogens (tertiary/aromatic N) is 3. The first-order valence-electron chi connectivity index (χ1n) is 12.6. The molecular formula is C28H37N5S. The molecular weight excluding hydrogens is 438 g/mol. The van der Waals surface area contributed by atoms with Crippen LogP contribution in [0, 0.1) is 5.92 Å². The van der Waals surface area contributed by atoms with Crippen LogP contribution in [0.25, 0.3) is 10.1 Å². The zero-order valence-electron chi connectivity index (χ0n) is 20.5. The largest absolute Gasteiger partial charge is 0.381 e. The van der Waals surface area contributed by atoms with Gasteiger partial charge in [-0.3, -0.25) is 4.90 Å². The molecule has 34 heavy (non-hydrogen) atoms. The van der Waals surface area contributed by atoms with E-state index in [-0.39, 0.29) is 0 Å². The first kappa shape index (κ1) is 23.2. The van der Waals surface area contributed by atoms with Crippen molar-refractivity contribution in [1.82, 2.24) is 14.2 Å². The molecule has 2 aliphatic rings. The normalized spacial score (nSPS) is 18.0. The zero-order chi connectivity index (χ0) is 23.5. The Morgan fingerprint density at radius 3 is 2.71 bits per heavy atom. The van der Waals surface area contributed by atoms with Gasteiger partial charge in [-0.1, -0.05) is 43.8 Å². The third kappa shape index (κ3) is 5.23. The predicted molar refractivity (Wildman–Crippen MR) is 146 cm³/mol. The van der Waals surface area contributed by atoms with Crippen LogP contribution in [0.3, 0.4) is 0 Å². The maximum Gasteiger partial charge on any atom is 0.147 e. The molecule has 0 amide bonds. The number of hydrogen-bond acceptors (Lipinski definition) is 6. The maximum atomic E-state index is 4.79. The molecule has 2 N–H and O–H groups in total. The van der Waals surface area contributed by atoms with E-state index in [1.165, 1.54) is 32.6 Å². The number of rotatable bonds is 8. The maximum absolute atomic E-state index is 4.79. The van der Waals surface area contributed by atoms with Crippen molar-refractivity contribution in [1.29, 1.82) is 0 Å². The number of aromatic nitrogens is 1. The number of nitrogens with one attached hydrogen (secondary N) is 2. The lowest BCUT2D eigenvalue weighted by molar-refractivity contribution is 0.224. The second-order valence-electron chi connectivity index (χ2n) is 10.1. The van der Waals surface area contributed by atoms with Crippen LogP contribution in [0.4, 0.5) is 11.5 Å². The molecule has 1 aromatic heterocycles. The number of anilines is 2.